The summed E-state index contributed by atoms with van der Waals surface area (Å²) in [5.41, 5.74) is 8.44. The number of benzene rings is 1. The van der Waals surface area contributed by atoms with Crippen LogP contribution >= 0.6 is 11.3 Å². The highest BCUT2D eigenvalue weighted by atomic mass is 32.1. The number of carbonyl (C=O) groups is 1. The number of hydrogen-bond donors (Lipinski definition) is 2. The minimum absolute atomic E-state index is 0.395. The predicted molar refractivity (Wildman–Crippen MR) is 122 cm³/mol. The van der Waals surface area contributed by atoms with Gasteiger partial charge in [0.2, 0.25) is 0 Å². The van der Waals surface area contributed by atoms with E-state index in [1.165, 1.54) is 21.6 Å². The van der Waals surface area contributed by atoms with Crippen LogP contribution in [0.1, 0.15) is 45.2 Å². The van der Waals surface area contributed by atoms with Gasteiger partial charge in [0.15, 0.2) is 0 Å². The second-order valence-electron chi connectivity index (χ2n) is 8.07. The molecular weight excluding hydrogens is 396 g/mol. The predicted octanol–water partition coefficient (Wildman–Crippen LogP) is 4.74. The number of ether oxygens (including phenoxy) is 1. The molecule has 0 bridgehead atoms. The van der Waals surface area contributed by atoms with Gasteiger partial charge in [-0.25, -0.2) is 0 Å². The Morgan fingerprint density at radius 3 is 2.80 bits per heavy atom. The Bertz CT molecular complexity index is 1120. The van der Waals surface area contributed by atoms with E-state index in [9.17, 15) is 9.90 Å². The van der Waals surface area contributed by atoms with Crippen molar-refractivity contribution in [3.8, 4) is 11.1 Å². The van der Waals surface area contributed by atoms with Gasteiger partial charge in [-0.3, -0.25) is 9.78 Å². The van der Waals surface area contributed by atoms with Crippen LogP contribution in [0.3, 0.4) is 0 Å². The summed E-state index contributed by atoms with van der Waals surface area (Å²) < 4.78 is 6.34. The van der Waals surface area contributed by atoms with Crippen LogP contribution < -0.4 is 5.32 Å². The van der Waals surface area contributed by atoms with Crippen LogP contribution in [0.2, 0.25) is 0 Å². The minimum Gasteiger partial charge on any atom is -0.481 e. The zero-order chi connectivity index (χ0) is 21.4. The van der Waals surface area contributed by atoms with E-state index in [-0.39, 0.29) is 0 Å². The van der Waals surface area contributed by atoms with Gasteiger partial charge in [-0.2, -0.15) is 0 Å². The number of rotatable bonds is 6. The number of nitrogens with one attached hydrogen (secondary N) is 1. The van der Waals surface area contributed by atoms with Gasteiger partial charge in [-0.15, -0.1) is 11.3 Å². The van der Waals surface area contributed by atoms with Crippen molar-refractivity contribution in [2.24, 2.45) is 0 Å². The first-order chi connectivity index (χ1) is 14.4. The Morgan fingerprint density at radius 1 is 1.30 bits per heavy atom. The number of aromatic nitrogens is 1. The van der Waals surface area contributed by atoms with Crippen LogP contribution in [-0.4, -0.2) is 36.3 Å². The van der Waals surface area contributed by atoms with E-state index < -0.39 is 11.9 Å². The number of aliphatic carboxylic acids is 1. The number of thiophene rings is 1. The van der Waals surface area contributed by atoms with Crippen LogP contribution in [0.5, 0.6) is 0 Å². The highest BCUT2D eigenvalue weighted by Gasteiger charge is 2.30. The van der Waals surface area contributed by atoms with Crippen molar-refractivity contribution in [2.45, 2.75) is 46.1 Å². The smallest absolute Gasteiger partial charge is 0.311 e. The largest absolute Gasteiger partial charge is 0.481 e. The van der Waals surface area contributed by atoms with Crippen molar-refractivity contribution >= 4 is 27.5 Å². The SMILES string of the molecule is COCCC(C(=O)O)c1c(C)nc2c3c(sc2c1-c1ccc(C)c(C)c1)CCNC3. The van der Waals surface area contributed by atoms with E-state index in [0.717, 1.165) is 52.1 Å². The highest BCUT2D eigenvalue weighted by molar-refractivity contribution is 7.19. The maximum Gasteiger partial charge on any atom is 0.311 e. The Labute approximate surface area is 181 Å². The summed E-state index contributed by atoms with van der Waals surface area (Å²) in [4.78, 5) is 18.6. The van der Waals surface area contributed by atoms with Crippen LogP contribution in [0.15, 0.2) is 18.2 Å². The fourth-order valence-corrected chi connectivity index (χ4v) is 5.70. The Morgan fingerprint density at radius 2 is 2.10 bits per heavy atom. The topological polar surface area (TPSA) is 71.5 Å². The van der Waals surface area contributed by atoms with Crippen LogP contribution in [0.4, 0.5) is 0 Å². The molecule has 2 aromatic heterocycles. The van der Waals surface area contributed by atoms with Gasteiger partial charge in [0.25, 0.3) is 0 Å². The molecule has 2 N–H and O–H groups in total. The summed E-state index contributed by atoms with van der Waals surface area (Å²) in [6.45, 7) is 8.33. The third kappa shape index (κ3) is 3.64. The van der Waals surface area contributed by atoms with Gasteiger partial charge in [0.1, 0.15) is 0 Å². The van der Waals surface area contributed by atoms with Crippen molar-refractivity contribution in [3.63, 3.8) is 0 Å². The van der Waals surface area contributed by atoms with Gasteiger partial charge in [-0.1, -0.05) is 18.2 Å². The molecule has 0 saturated heterocycles. The first-order valence-electron chi connectivity index (χ1n) is 10.4. The van der Waals surface area contributed by atoms with Crippen LogP contribution in [0.25, 0.3) is 21.3 Å². The van der Waals surface area contributed by atoms with Crippen LogP contribution in [-0.2, 0) is 22.5 Å². The number of hydrogen-bond acceptors (Lipinski definition) is 5. The van der Waals surface area contributed by atoms with Gasteiger partial charge in [0, 0.05) is 48.5 Å². The number of aryl methyl sites for hydroxylation is 3. The molecule has 158 valence electrons. The van der Waals surface area contributed by atoms with Crippen molar-refractivity contribution in [2.75, 3.05) is 20.3 Å². The summed E-state index contributed by atoms with van der Waals surface area (Å²) in [6, 6.07) is 6.42. The number of carboxylic acids is 1. The third-order valence-corrected chi connectivity index (χ3v) is 7.41. The number of carboxylic acid groups (broad SMARTS) is 1. The molecular formula is C24H28N2O3S. The molecule has 0 aliphatic carbocycles. The lowest BCUT2D eigenvalue weighted by Crippen LogP contribution is -2.22. The molecule has 1 aliphatic heterocycles. The molecule has 5 nitrogen and oxygen atoms in total. The first-order valence-corrected chi connectivity index (χ1v) is 11.2. The van der Waals surface area contributed by atoms with Crippen LogP contribution in [0, 0.1) is 20.8 Å². The summed E-state index contributed by atoms with van der Waals surface area (Å²) >= 11 is 1.78. The van der Waals surface area contributed by atoms with Gasteiger partial charge >= 0.3 is 5.97 Å². The third-order valence-electron chi connectivity index (χ3n) is 6.11. The molecule has 0 radical (unpaired) electrons. The molecule has 30 heavy (non-hydrogen) atoms. The quantitative estimate of drug-likeness (QED) is 0.598. The molecule has 1 aromatic carbocycles. The Balaban J connectivity index is 2.05. The fraction of sp³-hybridized carbons (Fsp3) is 0.417. The van der Waals surface area contributed by atoms with E-state index in [2.05, 4.69) is 37.4 Å². The van der Waals surface area contributed by atoms with Crippen molar-refractivity contribution in [1.82, 2.24) is 10.3 Å². The fourth-order valence-electron chi connectivity index (χ4n) is 4.36. The average molecular weight is 425 g/mol. The minimum atomic E-state index is -0.829. The van der Waals surface area contributed by atoms with E-state index in [1.807, 2.05) is 6.92 Å². The van der Waals surface area contributed by atoms with E-state index in [1.54, 1.807) is 18.4 Å². The van der Waals surface area contributed by atoms with Gasteiger partial charge < -0.3 is 15.2 Å². The lowest BCUT2D eigenvalue weighted by molar-refractivity contribution is -0.139. The molecule has 3 heterocycles. The molecule has 3 aromatic rings. The summed E-state index contributed by atoms with van der Waals surface area (Å²) in [5, 5.41) is 13.5. The summed E-state index contributed by atoms with van der Waals surface area (Å²) in [5.74, 6) is -1.49. The normalized spacial score (nSPS) is 14.7. The Kier molecular flexibility index (Phi) is 5.91. The Hall–Kier alpha value is -2.28. The van der Waals surface area contributed by atoms with Crippen molar-refractivity contribution in [3.05, 3.63) is 51.0 Å². The lowest BCUT2D eigenvalue weighted by Gasteiger charge is -2.21. The standard InChI is InChI=1S/C24H28N2O3S/c1-13-5-6-16(11-14(13)2)21-20(17(24(27)28)8-10-29-4)15(3)26-22-18-12-25-9-7-19(18)30-23(21)22/h5-6,11,17,25H,7-10,12H2,1-4H3,(H,27,28). The number of fused-ring (bicyclic) bond motifs is 3. The first kappa shape index (κ1) is 21.0. The van der Waals surface area contributed by atoms with E-state index in [4.69, 9.17) is 9.72 Å². The summed E-state index contributed by atoms with van der Waals surface area (Å²) in [6.07, 6.45) is 1.41. The maximum absolute atomic E-state index is 12.3. The molecule has 1 aliphatic rings. The molecule has 1 atom stereocenters. The molecule has 0 fully saturated rings. The maximum atomic E-state index is 12.3. The second kappa shape index (κ2) is 8.46. The zero-order valence-corrected chi connectivity index (χ0v) is 18.8. The highest BCUT2D eigenvalue weighted by Crippen LogP contribution is 2.44. The lowest BCUT2D eigenvalue weighted by atomic mass is 9.86. The zero-order valence-electron chi connectivity index (χ0n) is 18.0. The van der Waals surface area contributed by atoms with Crippen molar-refractivity contribution < 1.29 is 14.6 Å². The van der Waals surface area contributed by atoms with E-state index in [0.29, 0.717) is 13.0 Å². The molecule has 6 heteroatoms. The van der Waals surface area contributed by atoms with Crippen molar-refractivity contribution in [1.29, 1.82) is 0 Å². The molecule has 0 saturated carbocycles. The molecule has 4 rings (SSSR count). The number of nitrogens with zero attached hydrogens (tertiary/aromatic N) is 1. The van der Waals surface area contributed by atoms with Gasteiger partial charge in [-0.05, 0) is 55.9 Å². The summed E-state index contributed by atoms with van der Waals surface area (Å²) in [7, 11) is 1.61. The molecule has 0 amide bonds. The number of pyridine rings is 1. The van der Waals surface area contributed by atoms with E-state index >= 15 is 0 Å². The monoisotopic (exact) mass is 424 g/mol. The molecule has 1 unspecified atom stereocenters. The van der Waals surface area contributed by atoms with Gasteiger partial charge in [0.05, 0.1) is 16.1 Å². The molecule has 0 spiro atoms. The average Bonchev–Trinajstić information content (AvgIpc) is 3.08. The second-order valence-corrected chi connectivity index (χ2v) is 9.17. The number of methoxy groups -OCH3 is 1.